The Labute approximate surface area is 54.1 Å². The first kappa shape index (κ1) is 5.76. The molecule has 1 nitrogen and oxygen atoms in total. The van der Waals surface area contributed by atoms with Crippen LogP contribution in [0.4, 0.5) is 0 Å². The van der Waals surface area contributed by atoms with Gasteiger partial charge in [-0.2, -0.15) is 0 Å². The molecule has 0 spiro atoms. The summed E-state index contributed by atoms with van der Waals surface area (Å²) in [5.74, 6) is 1.04. The summed E-state index contributed by atoms with van der Waals surface area (Å²) in [6.45, 7) is 5.75. The molecule has 8 heavy (non-hydrogen) atoms. The van der Waals surface area contributed by atoms with Crippen LogP contribution in [0.3, 0.4) is 0 Å². The zero-order valence-corrected chi connectivity index (χ0v) is 5.74. The number of hydrogen-bond acceptors (Lipinski definition) is 2. The van der Waals surface area contributed by atoms with Gasteiger partial charge in [-0.3, -0.25) is 0 Å². The smallest absolute Gasteiger partial charge is 0.0720 e. The highest BCUT2D eigenvalue weighted by molar-refractivity contribution is 8.02. The SMILES string of the molecule is C=CN1CSC=C1C. The van der Waals surface area contributed by atoms with Crippen molar-refractivity contribution >= 4 is 11.8 Å². The second-order valence-electron chi connectivity index (χ2n) is 1.71. The molecule has 1 aliphatic rings. The lowest BCUT2D eigenvalue weighted by Gasteiger charge is -2.10. The fourth-order valence-corrected chi connectivity index (χ4v) is 1.53. The lowest BCUT2D eigenvalue weighted by Crippen LogP contribution is -2.07. The number of rotatable bonds is 1. The van der Waals surface area contributed by atoms with E-state index in [2.05, 4.69) is 23.8 Å². The van der Waals surface area contributed by atoms with E-state index in [0.717, 1.165) is 5.88 Å². The summed E-state index contributed by atoms with van der Waals surface area (Å²) in [6.07, 6.45) is 1.85. The Morgan fingerprint density at radius 3 is 3.00 bits per heavy atom. The van der Waals surface area contributed by atoms with Crippen molar-refractivity contribution in [2.45, 2.75) is 6.92 Å². The molecule has 0 aromatic heterocycles. The molecule has 0 bridgehead atoms. The lowest BCUT2D eigenvalue weighted by atomic mass is 10.5. The molecule has 0 aromatic rings. The van der Waals surface area contributed by atoms with Crippen molar-refractivity contribution in [1.82, 2.24) is 4.90 Å². The fraction of sp³-hybridized carbons (Fsp3) is 0.333. The molecular weight excluding hydrogens is 118 g/mol. The van der Waals surface area contributed by atoms with Gasteiger partial charge in [-0.25, -0.2) is 0 Å². The Bertz CT molecular complexity index is 128. The first-order chi connectivity index (χ1) is 3.84. The number of allylic oxidation sites excluding steroid dienone is 1. The molecule has 1 aliphatic heterocycles. The van der Waals surface area contributed by atoms with Crippen LogP contribution in [0.15, 0.2) is 23.9 Å². The van der Waals surface area contributed by atoms with Gasteiger partial charge in [0.1, 0.15) is 0 Å². The first-order valence-corrected chi connectivity index (χ1v) is 3.57. The highest BCUT2D eigenvalue weighted by Gasteiger charge is 2.05. The third-order valence-electron chi connectivity index (χ3n) is 1.14. The van der Waals surface area contributed by atoms with Gasteiger partial charge < -0.3 is 4.90 Å². The fourth-order valence-electron chi connectivity index (χ4n) is 0.604. The van der Waals surface area contributed by atoms with Crippen LogP contribution >= 0.6 is 11.8 Å². The van der Waals surface area contributed by atoms with Gasteiger partial charge in [-0.15, -0.1) is 11.8 Å². The summed E-state index contributed by atoms with van der Waals surface area (Å²) >= 11 is 1.81. The summed E-state index contributed by atoms with van der Waals surface area (Å²) in [4.78, 5) is 2.12. The van der Waals surface area contributed by atoms with Crippen LogP contribution in [0.2, 0.25) is 0 Å². The molecule has 0 saturated heterocycles. The van der Waals surface area contributed by atoms with E-state index in [1.807, 2.05) is 18.0 Å². The second-order valence-corrected chi connectivity index (χ2v) is 2.53. The van der Waals surface area contributed by atoms with Crippen LogP contribution in [-0.4, -0.2) is 10.8 Å². The summed E-state index contributed by atoms with van der Waals surface area (Å²) in [7, 11) is 0. The Kier molecular flexibility index (Phi) is 1.63. The molecule has 0 aliphatic carbocycles. The highest BCUT2D eigenvalue weighted by atomic mass is 32.2. The minimum absolute atomic E-state index is 1.04. The highest BCUT2D eigenvalue weighted by Crippen LogP contribution is 2.21. The molecule has 0 saturated carbocycles. The Balaban J connectivity index is 2.58. The molecule has 0 N–H and O–H groups in total. The molecular formula is C6H9NS. The standard InChI is InChI=1S/C6H9NS/c1-3-7-5-8-4-6(7)2/h3-4H,1,5H2,2H3. The minimum atomic E-state index is 1.04. The maximum Gasteiger partial charge on any atom is 0.0720 e. The molecule has 0 unspecified atom stereocenters. The van der Waals surface area contributed by atoms with Gasteiger partial charge in [0, 0.05) is 5.70 Å². The quantitative estimate of drug-likeness (QED) is 0.530. The van der Waals surface area contributed by atoms with Crippen molar-refractivity contribution in [3.63, 3.8) is 0 Å². The Morgan fingerprint density at radius 1 is 2.00 bits per heavy atom. The normalized spacial score (nSPS) is 18.6. The molecule has 0 atom stereocenters. The molecule has 0 radical (unpaired) electrons. The maximum atomic E-state index is 3.66. The van der Waals surface area contributed by atoms with E-state index in [1.54, 1.807) is 0 Å². The van der Waals surface area contributed by atoms with Gasteiger partial charge in [0.05, 0.1) is 5.88 Å². The Morgan fingerprint density at radius 2 is 2.75 bits per heavy atom. The zero-order chi connectivity index (χ0) is 5.98. The molecule has 2 heteroatoms. The third kappa shape index (κ3) is 0.892. The molecule has 0 aromatic carbocycles. The van der Waals surface area contributed by atoms with E-state index in [1.165, 1.54) is 5.70 Å². The van der Waals surface area contributed by atoms with E-state index in [-0.39, 0.29) is 0 Å². The van der Waals surface area contributed by atoms with Gasteiger partial charge in [0.2, 0.25) is 0 Å². The average molecular weight is 127 g/mol. The van der Waals surface area contributed by atoms with Crippen molar-refractivity contribution in [2.24, 2.45) is 0 Å². The summed E-state index contributed by atoms with van der Waals surface area (Å²) in [5, 5.41) is 2.14. The van der Waals surface area contributed by atoms with Crippen LogP contribution in [0.25, 0.3) is 0 Å². The van der Waals surface area contributed by atoms with Crippen LogP contribution in [-0.2, 0) is 0 Å². The van der Waals surface area contributed by atoms with Crippen molar-refractivity contribution in [1.29, 1.82) is 0 Å². The van der Waals surface area contributed by atoms with Gasteiger partial charge in [0.15, 0.2) is 0 Å². The van der Waals surface area contributed by atoms with E-state index in [9.17, 15) is 0 Å². The lowest BCUT2D eigenvalue weighted by molar-refractivity contribution is 0.563. The van der Waals surface area contributed by atoms with E-state index in [4.69, 9.17) is 0 Å². The number of thioether (sulfide) groups is 1. The predicted molar refractivity (Wildman–Crippen MR) is 38.3 cm³/mol. The van der Waals surface area contributed by atoms with Crippen LogP contribution in [0, 0.1) is 0 Å². The summed E-state index contributed by atoms with van der Waals surface area (Å²) < 4.78 is 0. The molecule has 0 amide bonds. The third-order valence-corrected chi connectivity index (χ3v) is 2.08. The zero-order valence-electron chi connectivity index (χ0n) is 4.92. The maximum absolute atomic E-state index is 3.66. The number of nitrogens with zero attached hydrogens (tertiary/aromatic N) is 1. The van der Waals surface area contributed by atoms with Crippen LogP contribution in [0.5, 0.6) is 0 Å². The van der Waals surface area contributed by atoms with E-state index < -0.39 is 0 Å². The first-order valence-electron chi connectivity index (χ1n) is 2.52. The molecule has 44 valence electrons. The number of hydrogen-bond donors (Lipinski definition) is 0. The Hall–Kier alpha value is -0.370. The van der Waals surface area contributed by atoms with Crippen molar-refractivity contribution in [3.05, 3.63) is 23.9 Å². The van der Waals surface area contributed by atoms with Gasteiger partial charge in [-0.05, 0) is 18.5 Å². The predicted octanol–water partition coefficient (Wildman–Crippen LogP) is 2.00. The topological polar surface area (TPSA) is 3.24 Å². The van der Waals surface area contributed by atoms with Crippen molar-refractivity contribution < 1.29 is 0 Å². The van der Waals surface area contributed by atoms with E-state index in [0.29, 0.717) is 0 Å². The van der Waals surface area contributed by atoms with Gasteiger partial charge in [0.25, 0.3) is 0 Å². The van der Waals surface area contributed by atoms with Crippen molar-refractivity contribution in [2.75, 3.05) is 5.88 Å². The van der Waals surface area contributed by atoms with Crippen LogP contribution < -0.4 is 0 Å². The molecule has 1 heterocycles. The van der Waals surface area contributed by atoms with Gasteiger partial charge >= 0.3 is 0 Å². The van der Waals surface area contributed by atoms with Crippen molar-refractivity contribution in [3.8, 4) is 0 Å². The molecule has 0 fully saturated rings. The van der Waals surface area contributed by atoms with Gasteiger partial charge in [-0.1, -0.05) is 6.58 Å². The monoisotopic (exact) mass is 127 g/mol. The molecule has 1 rings (SSSR count). The summed E-state index contributed by atoms with van der Waals surface area (Å²) in [5.41, 5.74) is 1.30. The minimum Gasteiger partial charge on any atom is -0.342 e. The average Bonchev–Trinajstić information content (AvgIpc) is 2.14. The largest absolute Gasteiger partial charge is 0.342 e. The summed E-state index contributed by atoms with van der Waals surface area (Å²) in [6, 6.07) is 0. The second kappa shape index (κ2) is 2.27. The van der Waals surface area contributed by atoms with E-state index >= 15 is 0 Å². The van der Waals surface area contributed by atoms with Crippen LogP contribution in [0.1, 0.15) is 6.92 Å².